The van der Waals surface area contributed by atoms with Crippen LogP contribution in [0.4, 0.5) is 13.2 Å². The maximum atomic E-state index is 12.7. The molecule has 2 heterocycles. The van der Waals surface area contributed by atoms with E-state index in [2.05, 4.69) is 4.98 Å². The molecule has 8 heteroatoms. The largest absolute Gasteiger partial charge is 0.433 e. The van der Waals surface area contributed by atoms with Crippen molar-refractivity contribution >= 4 is 17.7 Å². The SMILES string of the molecule is CC1OCCC1Sc1nc(C(F)(F)F)ccc1C(N)=O. The van der Waals surface area contributed by atoms with Gasteiger partial charge in [-0.3, -0.25) is 4.79 Å². The molecule has 0 radical (unpaired) electrons. The van der Waals surface area contributed by atoms with E-state index in [1.54, 1.807) is 0 Å². The molecule has 0 saturated carbocycles. The van der Waals surface area contributed by atoms with Gasteiger partial charge in [-0.15, -0.1) is 0 Å². The number of alkyl halides is 3. The van der Waals surface area contributed by atoms with Crippen LogP contribution in [0.3, 0.4) is 0 Å². The van der Waals surface area contributed by atoms with E-state index in [1.807, 2.05) is 6.92 Å². The van der Waals surface area contributed by atoms with Gasteiger partial charge in [0, 0.05) is 11.9 Å². The number of amides is 1. The summed E-state index contributed by atoms with van der Waals surface area (Å²) in [6.07, 6.45) is -3.96. The molecular formula is C12H13F3N2O2S. The van der Waals surface area contributed by atoms with E-state index in [9.17, 15) is 18.0 Å². The first-order valence-corrected chi connectivity index (χ1v) is 6.83. The average Bonchev–Trinajstić information content (AvgIpc) is 2.73. The maximum Gasteiger partial charge on any atom is 0.433 e. The van der Waals surface area contributed by atoms with Crippen LogP contribution in [0.1, 0.15) is 29.4 Å². The van der Waals surface area contributed by atoms with E-state index in [-0.39, 0.29) is 21.9 Å². The molecule has 20 heavy (non-hydrogen) atoms. The second kappa shape index (κ2) is 5.61. The van der Waals surface area contributed by atoms with Crippen LogP contribution in [0.25, 0.3) is 0 Å². The van der Waals surface area contributed by atoms with E-state index in [1.165, 1.54) is 0 Å². The van der Waals surface area contributed by atoms with Gasteiger partial charge in [-0.05, 0) is 25.5 Å². The summed E-state index contributed by atoms with van der Waals surface area (Å²) in [6, 6.07) is 1.83. The number of nitrogens with two attached hydrogens (primary N) is 1. The van der Waals surface area contributed by atoms with Crippen molar-refractivity contribution in [1.29, 1.82) is 0 Å². The lowest BCUT2D eigenvalue weighted by molar-refractivity contribution is -0.141. The van der Waals surface area contributed by atoms with Crippen LogP contribution in [0.15, 0.2) is 17.2 Å². The zero-order valence-electron chi connectivity index (χ0n) is 10.6. The highest BCUT2D eigenvalue weighted by Gasteiger charge is 2.34. The minimum atomic E-state index is -4.55. The number of primary amides is 1. The first-order valence-electron chi connectivity index (χ1n) is 5.95. The minimum Gasteiger partial charge on any atom is -0.377 e. The van der Waals surface area contributed by atoms with Gasteiger partial charge in [0.05, 0.1) is 11.7 Å². The highest BCUT2D eigenvalue weighted by Crippen LogP contribution is 2.36. The first kappa shape index (κ1) is 15.1. The van der Waals surface area contributed by atoms with Crippen molar-refractivity contribution in [3.05, 3.63) is 23.4 Å². The fourth-order valence-corrected chi connectivity index (χ4v) is 3.10. The number of halogens is 3. The van der Waals surface area contributed by atoms with Gasteiger partial charge in [0.1, 0.15) is 10.7 Å². The molecule has 0 spiro atoms. The molecule has 2 rings (SSSR count). The predicted molar refractivity (Wildman–Crippen MR) is 67.4 cm³/mol. The summed E-state index contributed by atoms with van der Waals surface area (Å²) < 4.78 is 43.4. The van der Waals surface area contributed by atoms with E-state index < -0.39 is 17.8 Å². The van der Waals surface area contributed by atoms with Crippen LogP contribution in [0.2, 0.25) is 0 Å². The Hall–Kier alpha value is -1.28. The second-order valence-corrected chi connectivity index (χ2v) is 5.66. The highest BCUT2D eigenvalue weighted by atomic mass is 32.2. The zero-order chi connectivity index (χ0) is 14.9. The number of hydrogen-bond acceptors (Lipinski definition) is 4. The number of rotatable bonds is 3. The van der Waals surface area contributed by atoms with Crippen molar-refractivity contribution in [1.82, 2.24) is 4.98 Å². The third-order valence-corrected chi connectivity index (χ3v) is 4.44. The Bertz CT molecular complexity index is 522. The van der Waals surface area contributed by atoms with Gasteiger partial charge in [-0.1, -0.05) is 11.8 Å². The van der Waals surface area contributed by atoms with Crippen molar-refractivity contribution < 1.29 is 22.7 Å². The van der Waals surface area contributed by atoms with Gasteiger partial charge in [0.15, 0.2) is 0 Å². The van der Waals surface area contributed by atoms with Gasteiger partial charge in [0.2, 0.25) is 0 Å². The smallest absolute Gasteiger partial charge is 0.377 e. The summed E-state index contributed by atoms with van der Waals surface area (Å²) in [6.45, 7) is 2.38. The molecule has 1 saturated heterocycles. The number of pyridine rings is 1. The Balaban J connectivity index is 2.34. The molecule has 1 fully saturated rings. The molecule has 0 bridgehead atoms. The number of nitrogens with zero attached hydrogens (tertiary/aromatic N) is 1. The third kappa shape index (κ3) is 3.24. The molecule has 1 aromatic rings. The number of thioether (sulfide) groups is 1. The average molecular weight is 306 g/mol. The molecule has 1 amide bonds. The lowest BCUT2D eigenvalue weighted by Crippen LogP contribution is -2.19. The number of hydrogen-bond donors (Lipinski definition) is 1. The van der Waals surface area contributed by atoms with Gasteiger partial charge in [0.25, 0.3) is 5.91 Å². The van der Waals surface area contributed by atoms with Crippen molar-refractivity contribution in [2.24, 2.45) is 5.73 Å². The number of carbonyl (C=O) groups is 1. The zero-order valence-corrected chi connectivity index (χ0v) is 11.4. The predicted octanol–water partition coefficient (Wildman–Crippen LogP) is 2.47. The first-order chi connectivity index (χ1) is 9.29. The Morgan fingerprint density at radius 3 is 2.70 bits per heavy atom. The van der Waals surface area contributed by atoms with Crippen LogP contribution in [0.5, 0.6) is 0 Å². The lowest BCUT2D eigenvalue weighted by atomic mass is 10.2. The fraction of sp³-hybridized carbons (Fsp3) is 0.500. The van der Waals surface area contributed by atoms with Gasteiger partial charge in [-0.2, -0.15) is 13.2 Å². The van der Waals surface area contributed by atoms with Crippen molar-refractivity contribution in [2.45, 2.75) is 35.9 Å². The van der Waals surface area contributed by atoms with Crippen LogP contribution in [0, 0.1) is 0 Å². The number of aromatic nitrogens is 1. The second-order valence-electron chi connectivity index (χ2n) is 4.43. The summed E-state index contributed by atoms with van der Waals surface area (Å²) >= 11 is 1.11. The van der Waals surface area contributed by atoms with Gasteiger partial charge in [-0.25, -0.2) is 4.98 Å². The van der Waals surface area contributed by atoms with Crippen LogP contribution in [-0.2, 0) is 10.9 Å². The summed E-state index contributed by atoms with van der Waals surface area (Å²) in [5.74, 6) is -0.791. The monoisotopic (exact) mass is 306 g/mol. The van der Waals surface area contributed by atoms with E-state index in [0.717, 1.165) is 23.9 Å². The Labute approximate surface area is 117 Å². The molecule has 1 aliphatic rings. The van der Waals surface area contributed by atoms with Crippen LogP contribution in [-0.4, -0.2) is 28.9 Å². The van der Waals surface area contributed by atoms with Crippen molar-refractivity contribution in [3.8, 4) is 0 Å². The summed E-state index contributed by atoms with van der Waals surface area (Å²) in [7, 11) is 0. The maximum absolute atomic E-state index is 12.7. The molecule has 110 valence electrons. The van der Waals surface area contributed by atoms with Crippen LogP contribution < -0.4 is 5.73 Å². The quantitative estimate of drug-likeness (QED) is 0.931. The fourth-order valence-electron chi connectivity index (χ4n) is 1.89. The molecular weight excluding hydrogens is 293 g/mol. The minimum absolute atomic E-state index is 0.00194. The Kier molecular flexibility index (Phi) is 4.24. The molecule has 2 unspecified atom stereocenters. The third-order valence-electron chi connectivity index (χ3n) is 2.99. The Morgan fingerprint density at radius 1 is 1.50 bits per heavy atom. The van der Waals surface area contributed by atoms with E-state index in [0.29, 0.717) is 13.0 Å². The summed E-state index contributed by atoms with van der Waals surface area (Å²) in [5, 5.41) is -0.0289. The van der Waals surface area contributed by atoms with Crippen LogP contribution >= 0.6 is 11.8 Å². The molecule has 1 aliphatic heterocycles. The molecule has 4 nitrogen and oxygen atoms in total. The van der Waals surface area contributed by atoms with Gasteiger partial charge >= 0.3 is 6.18 Å². The molecule has 0 aliphatic carbocycles. The number of ether oxygens (including phenoxy) is 1. The lowest BCUT2D eigenvalue weighted by Gasteiger charge is -2.16. The normalized spacial score (nSPS) is 23.0. The Morgan fingerprint density at radius 2 is 2.20 bits per heavy atom. The molecule has 0 aromatic carbocycles. The highest BCUT2D eigenvalue weighted by molar-refractivity contribution is 8.00. The van der Waals surface area contributed by atoms with E-state index >= 15 is 0 Å². The van der Waals surface area contributed by atoms with E-state index in [4.69, 9.17) is 10.5 Å². The van der Waals surface area contributed by atoms with Crippen molar-refractivity contribution in [2.75, 3.05) is 6.61 Å². The van der Waals surface area contributed by atoms with Crippen molar-refractivity contribution in [3.63, 3.8) is 0 Å². The van der Waals surface area contributed by atoms with Gasteiger partial charge < -0.3 is 10.5 Å². The molecule has 2 atom stereocenters. The summed E-state index contributed by atoms with van der Waals surface area (Å²) in [4.78, 5) is 14.8. The molecule has 2 N–H and O–H groups in total. The summed E-state index contributed by atoms with van der Waals surface area (Å²) in [5.41, 5.74) is 4.15. The molecule has 1 aromatic heterocycles. The standard InChI is InChI=1S/C12H13F3N2O2S/c1-6-8(4-5-19-6)20-11-7(10(16)18)2-3-9(17-11)12(13,14)15/h2-3,6,8H,4-5H2,1H3,(H2,16,18). The number of carbonyl (C=O) groups excluding carboxylic acids is 1. The topological polar surface area (TPSA) is 65.2 Å².